The van der Waals surface area contributed by atoms with Gasteiger partial charge in [0.2, 0.25) is 0 Å². The molecule has 0 radical (unpaired) electrons. The maximum atomic E-state index is 11.7. The first-order chi connectivity index (χ1) is 7.78. The normalized spacial score (nSPS) is 11.1. The van der Waals surface area contributed by atoms with E-state index in [0.717, 1.165) is 0 Å². The van der Waals surface area contributed by atoms with E-state index in [1.807, 2.05) is 0 Å². The van der Waals surface area contributed by atoms with E-state index in [0.29, 0.717) is 10.0 Å². The molecule has 1 rings (SSSR count). The first-order valence-electron chi connectivity index (χ1n) is 5.13. The molecular formula is C12H14BrNO3. The lowest BCUT2D eigenvalue weighted by Gasteiger charge is -2.19. The minimum absolute atomic E-state index is 0.268. The van der Waals surface area contributed by atoms with E-state index in [1.54, 1.807) is 33.0 Å². The fourth-order valence-corrected chi connectivity index (χ4v) is 1.54. The van der Waals surface area contributed by atoms with Gasteiger partial charge in [-0.1, -0.05) is 0 Å². The Hall–Kier alpha value is -1.23. The molecule has 0 spiro atoms. The molecule has 17 heavy (non-hydrogen) atoms. The summed E-state index contributed by atoms with van der Waals surface area (Å²) in [5.41, 5.74) is -0.183. The van der Waals surface area contributed by atoms with Gasteiger partial charge < -0.3 is 4.74 Å². The Labute approximate surface area is 109 Å². The summed E-state index contributed by atoms with van der Waals surface area (Å²) in [4.78, 5) is 27.1. The summed E-state index contributed by atoms with van der Waals surface area (Å²) in [5, 5.41) is 0. The van der Waals surface area contributed by atoms with Crippen molar-refractivity contribution in [1.29, 1.82) is 0 Å². The van der Waals surface area contributed by atoms with Crippen LogP contribution in [0.5, 0.6) is 0 Å². The van der Waals surface area contributed by atoms with Gasteiger partial charge in [0.05, 0.1) is 0 Å². The maximum Gasteiger partial charge on any atom is 0.314 e. The zero-order valence-corrected chi connectivity index (χ0v) is 11.6. The van der Waals surface area contributed by atoms with Crippen molar-refractivity contribution in [2.24, 2.45) is 0 Å². The van der Waals surface area contributed by atoms with E-state index < -0.39 is 11.6 Å². The van der Waals surface area contributed by atoms with Crippen LogP contribution in [0.4, 0.5) is 0 Å². The van der Waals surface area contributed by atoms with Crippen molar-refractivity contribution in [1.82, 2.24) is 4.98 Å². The van der Waals surface area contributed by atoms with Crippen molar-refractivity contribution in [3.8, 4) is 0 Å². The van der Waals surface area contributed by atoms with Gasteiger partial charge in [0.1, 0.15) is 12.0 Å². The summed E-state index contributed by atoms with van der Waals surface area (Å²) >= 11 is 3.21. The molecule has 0 aliphatic rings. The highest BCUT2D eigenvalue weighted by atomic mass is 79.9. The fraction of sp³-hybridized carbons (Fsp3) is 0.417. The van der Waals surface area contributed by atoms with Gasteiger partial charge in [-0.05, 0) is 42.8 Å². The highest BCUT2D eigenvalue weighted by Gasteiger charge is 2.19. The molecule has 1 aromatic heterocycles. The van der Waals surface area contributed by atoms with Crippen LogP contribution in [0.15, 0.2) is 22.9 Å². The number of nitrogens with zero attached hydrogens (tertiary/aromatic N) is 1. The average molecular weight is 300 g/mol. The molecule has 0 atom stereocenters. The van der Waals surface area contributed by atoms with Gasteiger partial charge in [-0.15, -0.1) is 0 Å². The molecule has 0 aliphatic heterocycles. The minimum Gasteiger partial charge on any atom is -0.460 e. The number of carbonyl (C=O) groups excluding carboxylic acids is 2. The largest absolute Gasteiger partial charge is 0.460 e. The molecule has 0 amide bonds. The van der Waals surface area contributed by atoms with E-state index >= 15 is 0 Å². The van der Waals surface area contributed by atoms with Crippen LogP contribution in [0, 0.1) is 0 Å². The number of halogens is 1. The number of hydrogen-bond acceptors (Lipinski definition) is 4. The molecule has 5 heteroatoms. The zero-order valence-electron chi connectivity index (χ0n) is 9.99. The predicted molar refractivity (Wildman–Crippen MR) is 66.7 cm³/mol. The smallest absolute Gasteiger partial charge is 0.314 e. The molecule has 0 saturated heterocycles. The first kappa shape index (κ1) is 13.8. The number of rotatable bonds is 3. The van der Waals surface area contributed by atoms with E-state index in [1.165, 1.54) is 6.20 Å². The lowest BCUT2D eigenvalue weighted by molar-refractivity contribution is -0.153. The molecule has 0 bridgehead atoms. The molecule has 0 fully saturated rings. The van der Waals surface area contributed by atoms with Crippen LogP contribution < -0.4 is 0 Å². The van der Waals surface area contributed by atoms with Gasteiger partial charge in [0.15, 0.2) is 5.78 Å². The van der Waals surface area contributed by atoms with E-state index in [9.17, 15) is 9.59 Å². The monoisotopic (exact) mass is 299 g/mol. The summed E-state index contributed by atoms with van der Waals surface area (Å²) in [6.07, 6.45) is 2.73. The number of ketones is 1. The third kappa shape index (κ3) is 5.08. The fourth-order valence-electron chi connectivity index (χ4n) is 1.18. The highest BCUT2D eigenvalue weighted by molar-refractivity contribution is 9.10. The van der Waals surface area contributed by atoms with E-state index in [-0.39, 0.29) is 12.2 Å². The Kier molecular flexibility index (Phi) is 4.40. The number of aromatic nitrogens is 1. The second kappa shape index (κ2) is 5.40. The number of pyridine rings is 1. The Balaban J connectivity index is 2.64. The van der Waals surface area contributed by atoms with Gasteiger partial charge in [0, 0.05) is 22.4 Å². The van der Waals surface area contributed by atoms with Crippen molar-refractivity contribution in [2.45, 2.75) is 32.8 Å². The summed E-state index contributed by atoms with van der Waals surface area (Å²) < 4.78 is 5.77. The number of ether oxygens (including phenoxy) is 1. The molecule has 4 nitrogen and oxygen atoms in total. The third-order valence-electron chi connectivity index (χ3n) is 1.75. The molecule has 1 heterocycles. The van der Waals surface area contributed by atoms with Gasteiger partial charge >= 0.3 is 5.97 Å². The Bertz CT molecular complexity index is 438. The molecule has 92 valence electrons. The third-order valence-corrected chi connectivity index (χ3v) is 2.19. The molecule has 0 unspecified atom stereocenters. The van der Waals surface area contributed by atoms with Crippen molar-refractivity contribution in [3.63, 3.8) is 0 Å². The van der Waals surface area contributed by atoms with Gasteiger partial charge in [-0.25, -0.2) is 0 Å². The molecule has 1 aromatic rings. The van der Waals surface area contributed by atoms with Crippen LogP contribution >= 0.6 is 15.9 Å². The van der Waals surface area contributed by atoms with E-state index in [2.05, 4.69) is 20.9 Å². The second-order valence-electron chi connectivity index (χ2n) is 4.58. The average Bonchev–Trinajstić information content (AvgIpc) is 2.14. The Morgan fingerprint density at radius 1 is 1.35 bits per heavy atom. The van der Waals surface area contributed by atoms with Gasteiger partial charge in [0.25, 0.3) is 0 Å². The van der Waals surface area contributed by atoms with Crippen molar-refractivity contribution in [3.05, 3.63) is 28.5 Å². The number of hydrogen-bond donors (Lipinski definition) is 0. The lowest BCUT2D eigenvalue weighted by Crippen LogP contribution is -2.25. The molecule has 0 saturated carbocycles. The molecular weight excluding hydrogens is 286 g/mol. The number of carbonyl (C=O) groups is 2. The van der Waals surface area contributed by atoms with Gasteiger partial charge in [-0.2, -0.15) is 0 Å². The number of esters is 1. The van der Waals surface area contributed by atoms with Gasteiger partial charge in [-0.3, -0.25) is 14.6 Å². The number of Topliss-reactive ketones (excluding diaryl/α,β-unsaturated/α-hetero) is 1. The van der Waals surface area contributed by atoms with Crippen molar-refractivity contribution in [2.75, 3.05) is 0 Å². The minimum atomic E-state index is -0.577. The second-order valence-corrected chi connectivity index (χ2v) is 5.49. The highest BCUT2D eigenvalue weighted by Crippen LogP contribution is 2.13. The Morgan fingerprint density at radius 3 is 2.53 bits per heavy atom. The summed E-state index contributed by atoms with van der Waals surface area (Å²) in [7, 11) is 0. The van der Waals surface area contributed by atoms with Crippen LogP contribution in [-0.2, 0) is 9.53 Å². The SMILES string of the molecule is CC(C)(C)OC(=O)CC(=O)c1cncc(Br)c1. The summed E-state index contributed by atoms with van der Waals surface area (Å²) in [6, 6.07) is 1.62. The lowest BCUT2D eigenvalue weighted by atomic mass is 10.1. The molecule has 0 aliphatic carbocycles. The topological polar surface area (TPSA) is 56.3 Å². The quantitative estimate of drug-likeness (QED) is 0.489. The molecule has 0 aromatic carbocycles. The van der Waals surface area contributed by atoms with Crippen molar-refractivity contribution < 1.29 is 14.3 Å². The molecule has 0 N–H and O–H groups in total. The van der Waals surface area contributed by atoms with Crippen LogP contribution in [0.25, 0.3) is 0 Å². The zero-order chi connectivity index (χ0) is 13.1. The van der Waals surface area contributed by atoms with E-state index in [4.69, 9.17) is 4.74 Å². The standard InChI is InChI=1S/C12H14BrNO3/c1-12(2,3)17-11(16)5-10(15)8-4-9(13)7-14-6-8/h4,6-7H,5H2,1-3H3. The van der Waals surface area contributed by atoms with Crippen LogP contribution in [0.2, 0.25) is 0 Å². The van der Waals surface area contributed by atoms with Crippen LogP contribution in [0.1, 0.15) is 37.6 Å². The van der Waals surface area contributed by atoms with Crippen LogP contribution in [0.3, 0.4) is 0 Å². The Morgan fingerprint density at radius 2 is 2.00 bits per heavy atom. The van der Waals surface area contributed by atoms with Crippen molar-refractivity contribution >= 4 is 27.7 Å². The van der Waals surface area contributed by atoms with Crippen LogP contribution in [-0.4, -0.2) is 22.3 Å². The summed E-state index contributed by atoms with van der Waals surface area (Å²) in [6.45, 7) is 5.28. The predicted octanol–water partition coefficient (Wildman–Crippen LogP) is 2.76. The maximum absolute atomic E-state index is 11.7. The first-order valence-corrected chi connectivity index (χ1v) is 5.93. The summed E-state index contributed by atoms with van der Waals surface area (Å²) in [5.74, 6) is -0.824.